The van der Waals surface area contributed by atoms with Crippen molar-refractivity contribution in [3.8, 4) is 0 Å². The third-order valence-corrected chi connectivity index (χ3v) is 2.59. The lowest BCUT2D eigenvalue weighted by molar-refractivity contribution is 0.379. The van der Waals surface area contributed by atoms with E-state index in [0.717, 1.165) is 32.0 Å². The van der Waals surface area contributed by atoms with E-state index in [1.807, 2.05) is 23.1 Å². The Hall–Kier alpha value is -1.78. The standard InChI is InChI=1S/C10H15N5/c11-10(12)15-7-5-14(6-8-15)9-3-1-2-4-13-9/h1-4H,5-8H2,(H3,11,12). The molecule has 5 heteroatoms. The SMILES string of the molecule is N=C(N)N1CCN(c2ccccn2)CC1. The monoisotopic (exact) mass is 205 g/mol. The Morgan fingerprint density at radius 2 is 2.00 bits per heavy atom. The second kappa shape index (κ2) is 4.16. The zero-order valence-electron chi connectivity index (χ0n) is 8.56. The van der Waals surface area contributed by atoms with Crippen LogP contribution in [0.1, 0.15) is 0 Å². The van der Waals surface area contributed by atoms with Crippen molar-refractivity contribution in [3.05, 3.63) is 24.4 Å². The molecule has 0 spiro atoms. The molecule has 0 radical (unpaired) electrons. The van der Waals surface area contributed by atoms with Crippen LogP contribution in [0.4, 0.5) is 5.82 Å². The molecule has 0 aliphatic carbocycles. The number of hydrogen-bond donors (Lipinski definition) is 2. The van der Waals surface area contributed by atoms with E-state index in [-0.39, 0.29) is 5.96 Å². The number of rotatable bonds is 1. The molecule has 0 bridgehead atoms. The molecule has 1 saturated heterocycles. The fraction of sp³-hybridized carbons (Fsp3) is 0.400. The molecule has 0 saturated carbocycles. The molecule has 1 aliphatic rings. The molecule has 0 unspecified atom stereocenters. The highest BCUT2D eigenvalue weighted by Gasteiger charge is 2.17. The van der Waals surface area contributed by atoms with E-state index in [4.69, 9.17) is 11.1 Å². The number of nitrogens with one attached hydrogen (secondary N) is 1. The molecule has 1 aromatic heterocycles. The summed E-state index contributed by atoms with van der Waals surface area (Å²) in [5, 5.41) is 7.33. The van der Waals surface area contributed by atoms with Gasteiger partial charge in [0.1, 0.15) is 5.82 Å². The summed E-state index contributed by atoms with van der Waals surface area (Å²) in [6.07, 6.45) is 1.80. The number of anilines is 1. The fourth-order valence-electron chi connectivity index (χ4n) is 1.72. The first kappa shape index (κ1) is 9.76. The first-order valence-corrected chi connectivity index (χ1v) is 5.02. The van der Waals surface area contributed by atoms with E-state index < -0.39 is 0 Å². The quantitative estimate of drug-likeness (QED) is 0.504. The molecule has 1 aliphatic heterocycles. The highest BCUT2D eigenvalue weighted by atomic mass is 15.3. The molecule has 80 valence electrons. The van der Waals surface area contributed by atoms with E-state index in [9.17, 15) is 0 Å². The third kappa shape index (κ3) is 2.18. The summed E-state index contributed by atoms with van der Waals surface area (Å²) in [4.78, 5) is 8.38. The Morgan fingerprint density at radius 1 is 1.27 bits per heavy atom. The maximum Gasteiger partial charge on any atom is 0.188 e. The van der Waals surface area contributed by atoms with Crippen molar-refractivity contribution in [2.75, 3.05) is 31.1 Å². The lowest BCUT2D eigenvalue weighted by Gasteiger charge is -2.35. The number of nitrogens with zero attached hydrogens (tertiary/aromatic N) is 3. The van der Waals surface area contributed by atoms with Crippen LogP contribution in [0, 0.1) is 5.41 Å². The third-order valence-electron chi connectivity index (χ3n) is 2.59. The number of aromatic nitrogens is 1. The first-order chi connectivity index (χ1) is 7.27. The molecule has 0 aromatic carbocycles. The minimum absolute atomic E-state index is 0.163. The number of pyridine rings is 1. The molecule has 2 rings (SSSR count). The van der Waals surface area contributed by atoms with Crippen LogP contribution in [0.15, 0.2) is 24.4 Å². The summed E-state index contributed by atoms with van der Waals surface area (Å²) in [6, 6.07) is 5.90. The van der Waals surface area contributed by atoms with Crippen LogP contribution in [0.3, 0.4) is 0 Å². The normalized spacial score (nSPS) is 16.5. The van der Waals surface area contributed by atoms with Crippen molar-refractivity contribution in [2.24, 2.45) is 5.73 Å². The van der Waals surface area contributed by atoms with Crippen molar-refractivity contribution in [3.63, 3.8) is 0 Å². The van der Waals surface area contributed by atoms with Crippen molar-refractivity contribution in [1.29, 1.82) is 5.41 Å². The summed E-state index contributed by atoms with van der Waals surface area (Å²) in [7, 11) is 0. The van der Waals surface area contributed by atoms with Gasteiger partial charge in [-0.1, -0.05) is 6.07 Å². The van der Waals surface area contributed by atoms with E-state index >= 15 is 0 Å². The number of hydrogen-bond acceptors (Lipinski definition) is 3. The summed E-state index contributed by atoms with van der Waals surface area (Å²) >= 11 is 0. The molecule has 0 amide bonds. The van der Waals surface area contributed by atoms with Gasteiger partial charge in [-0.05, 0) is 12.1 Å². The average Bonchev–Trinajstić information content (AvgIpc) is 2.30. The number of nitrogens with two attached hydrogens (primary N) is 1. The molecule has 15 heavy (non-hydrogen) atoms. The van der Waals surface area contributed by atoms with E-state index in [1.165, 1.54) is 0 Å². The van der Waals surface area contributed by atoms with Crippen LogP contribution >= 0.6 is 0 Å². The minimum Gasteiger partial charge on any atom is -0.370 e. The summed E-state index contributed by atoms with van der Waals surface area (Å²) < 4.78 is 0. The van der Waals surface area contributed by atoms with Gasteiger partial charge in [-0.25, -0.2) is 4.98 Å². The lowest BCUT2D eigenvalue weighted by atomic mass is 10.3. The van der Waals surface area contributed by atoms with E-state index in [2.05, 4.69) is 9.88 Å². The predicted octanol–water partition coefficient (Wildman–Crippen LogP) is 0.0971. The molecular weight excluding hydrogens is 190 g/mol. The van der Waals surface area contributed by atoms with E-state index in [0.29, 0.717) is 0 Å². The summed E-state index contributed by atoms with van der Waals surface area (Å²) in [5.41, 5.74) is 5.43. The zero-order chi connectivity index (χ0) is 10.7. The average molecular weight is 205 g/mol. The van der Waals surface area contributed by atoms with Gasteiger partial charge in [0.25, 0.3) is 0 Å². The molecule has 3 N–H and O–H groups in total. The van der Waals surface area contributed by atoms with Gasteiger partial charge in [0.15, 0.2) is 5.96 Å². The van der Waals surface area contributed by atoms with Gasteiger partial charge >= 0.3 is 0 Å². The van der Waals surface area contributed by atoms with Gasteiger partial charge in [0, 0.05) is 32.4 Å². The topological polar surface area (TPSA) is 69.2 Å². The van der Waals surface area contributed by atoms with Gasteiger partial charge in [0.05, 0.1) is 0 Å². The van der Waals surface area contributed by atoms with Gasteiger partial charge in [-0.15, -0.1) is 0 Å². The highest BCUT2D eigenvalue weighted by molar-refractivity contribution is 5.74. The van der Waals surface area contributed by atoms with Crippen LogP contribution in [-0.2, 0) is 0 Å². The van der Waals surface area contributed by atoms with Crippen LogP contribution in [0.25, 0.3) is 0 Å². The number of piperazine rings is 1. The molecule has 2 heterocycles. The van der Waals surface area contributed by atoms with Crippen molar-refractivity contribution in [1.82, 2.24) is 9.88 Å². The van der Waals surface area contributed by atoms with Crippen molar-refractivity contribution >= 4 is 11.8 Å². The molecule has 0 atom stereocenters. The Morgan fingerprint density at radius 3 is 2.53 bits per heavy atom. The minimum atomic E-state index is 0.163. The molecular formula is C10H15N5. The summed E-state index contributed by atoms with van der Waals surface area (Å²) in [5.74, 6) is 1.16. The van der Waals surface area contributed by atoms with Gasteiger partial charge < -0.3 is 15.5 Å². The van der Waals surface area contributed by atoms with Gasteiger partial charge in [0.2, 0.25) is 0 Å². The molecule has 1 fully saturated rings. The smallest absolute Gasteiger partial charge is 0.188 e. The Bertz CT molecular complexity index is 329. The fourth-order valence-corrected chi connectivity index (χ4v) is 1.72. The number of guanidine groups is 1. The maximum atomic E-state index is 7.33. The Balaban J connectivity index is 1.97. The lowest BCUT2D eigenvalue weighted by Crippen LogP contribution is -2.51. The molecule has 5 nitrogen and oxygen atoms in total. The largest absolute Gasteiger partial charge is 0.370 e. The predicted molar refractivity (Wildman–Crippen MR) is 59.9 cm³/mol. The Kier molecular flexibility index (Phi) is 2.71. The van der Waals surface area contributed by atoms with Crippen LogP contribution in [0.2, 0.25) is 0 Å². The Labute approximate surface area is 89.0 Å². The zero-order valence-corrected chi connectivity index (χ0v) is 8.56. The van der Waals surface area contributed by atoms with Crippen molar-refractivity contribution in [2.45, 2.75) is 0 Å². The second-order valence-electron chi connectivity index (χ2n) is 3.55. The van der Waals surface area contributed by atoms with Gasteiger partial charge in [-0.3, -0.25) is 5.41 Å². The molecule has 1 aromatic rings. The van der Waals surface area contributed by atoms with Crippen LogP contribution in [0.5, 0.6) is 0 Å². The highest BCUT2D eigenvalue weighted by Crippen LogP contribution is 2.11. The second-order valence-corrected chi connectivity index (χ2v) is 3.55. The first-order valence-electron chi connectivity index (χ1n) is 5.02. The maximum absolute atomic E-state index is 7.33. The van der Waals surface area contributed by atoms with Gasteiger partial charge in [-0.2, -0.15) is 0 Å². The van der Waals surface area contributed by atoms with Crippen molar-refractivity contribution < 1.29 is 0 Å². The van der Waals surface area contributed by atoms with Crippen LogP contribution < -0.4 is 10.6 Å². The summed E-state index contributed by atoms with van der Waals surface area (Å²) in [6.45, 7) is 3.34. The van der Waals surface area contributed by atoms with Crippen LogP contribution in [-0.4, -0.2) is 42.0 Å². The van der Waals surface area contributed by atoms with E-state index in [1.54, 1.807) is 6.20 Å².